The van der Waals surface area contributed by atoms with E-state index in [0.717, 1.165) is 30.6 Å². The summed E-state index contributed by atoms with van der Waals surface area (Å²) in [5.74, 6) is 0.203. The van der Waals surface area contributed by atoms with Gasteiger partial charge in [0.1, 0.15) is 0 Å². The molecule has 1 N–H and O–H groups in total. The Labute approximate surface area is 147 Å². The highest BCUT2D eigenvalue weighted by molar-refractivity contribution is 5.95. The van der Waals surface area contributed by atoms with E-state index >= 15 is 0 Å². The van der Waals surface area contributed by atoms with Crippen molar-refractivity contribution in [1.82, 2.24) is 9.88 Å². The molecule has 4 rings (SSSR count). The Morgan fingerprint density at radius 2 is 2.04 bits per heavy atom. The van der Waals surface area contributed by atoms with Crippen molar-refractivity contribution in [3.05, 3.63) is 60.4 Å². The fraction of sp³-hybridized carbons (Fsp3) is 0.350. The Hall–Kier alpha value is -2.69. The number of nitrogens with zero attached hydrogens (tertiary/aromatic N) is 2. The fourth-order valence-corrected chi connectivity index (χ4v) is 3.83. The van der Waals surface area contributed by atoms with Gasteiger partial charge in [0, 0.05) is 30.6 Å². The van der Waals surface area contributed by atoms with Crippen molar-refractivity contribution in [3.8, 4) is 0 Å². The van der Waals surface area contributed by atoms with Crippen LogP contribution in [0.5, 0.6) is 0 Å². The molecule has 1 aliphatic carbocycles. The Bertz CT molecular complexity index is 725. The minimum absolute atomic E-state index is 0.00207. The summed E-state index contributed by atoms with van der Waals surface area (Å²) in [6, 6.07) is 13.5. The van der Waals surface area contributed by atoms with Crippen LogP contribution in [-0.4, -0.2) is 34.8 Å². The van der Waals surface area contributed by atoms with Gasteiger partial charge < -0.3 is 10.2 Å². The number of likely N-dealkylation sites (tertiary alicyclic amines) is 1. The zero-order chi connectivity index (χ0) is 17.3. The van der Waals surface area contributed by atoms with Crippen LogP contribution in [0.4, 0.5) is 5.69 Å². The van der Waals surface area contributed by atoms with Crippen LogP contribution in [0.2, 0.25) is 0 Å². The van der Waals surface area contributed by atoms with Crippen LogP contribution in [0.1, 0.15) is 18.4 Å². The lowest BCUT2D eigenvalue weighted by molar-refractivity contribution is -0.129. The molecule has 128 valence electrons. The largest absolute Gasteiger partial charge is 0.342 e. The second-order valence-electron chi connectivity index (χ2n) is 7.08. The summed E-state index contributed by atoms with van der Waals surface area (Å²) in [5.41, 5.74) is 1.75. The summed E-state index contributed by atoms with van der Waals surface area (Å²) < 4.78 is 0. The third-order valence-electron chi connectivity index (χ3n) is 5.37. The number of nitrogens with one attached hydrogen (secondary N) is 1. The summed E-state index contributed by atoms with van der Waals surface area (Å²) in [5, 5.41) is 2.93. The Morgan fingerprint density at radius 3 is 2.80 bits per heavy atom. The van der Waals surface area contributed by atoms with Crippen LogP contribution in [0.25, 0.3) is 0 Å². The number of carbonyl (C=O) groups is 2. The smallest absolute Gasteiger partial charge is 0.228 e. The number of amides is 2. The number of pyridine rings is 1. The van der Waals surface area contributed by atoms with E-state index in [4.69, 9.17) is 0 Å². The molecule has 1 saturated carbocycles. The standard InChI is InChI=1S/C20H21N3O2/c24-18(11-15-5-2-1-3-6-15)23-10-8-20(14-23)12-17(20)19(25)22-16-7-4-9-21-13-16/h1-7,9,13,17H,8,10-12,14H2,(H,22,25)/t17-,20+/m0/s1. The number of carbonyl (C=O) groups excluding carboxylic acids is 2. The number of anilines is 1. The summed E-state index contributed by atoms with van der Waals surface area (Å²) in [4.78, 5) is 30.9. The third-order valence-corrected chi connectivity index (χ3v) is 5.37. The highest BCUT2D eigenvalue weighted by atomic mass is 16.2. The van der Waals surface area contributed by atoms with Gasteiger partial charge in [-0.15, -0.1) is 0 Å². The molecule has 1 aromatic heterocycles. The Morgan fingerprint density at radius 1 is 1.20 bits per heavy atom. The molecule has 0 bridgehead atoms. The third kappa shape index (κ3) is 3.27. The van der Waals surface area contributed by atoms with Gasteiger partial charge in [0.2, 0.25) is 11.8 Å². The second-order valence-corrected chi connectivity index (χ2v) is 7.08. The molecule has 2 aromatic rings. The lowest BCUT2D eigenvalue weighted by atomic mass is 10.0. The van der Waals surface area contributed by atoms with Gasteiger partial charge in [0.25, 0.3) is 0 Å². The van der Waals surface area contributed by atoms with Gasteiger partial charge in [-0.05, 0) is 30.5 Å². The normalized spacial score (nSPS) is 24.3. The Balaban J connectivity index is 1.33. The van der Waals surface area contributed by atoms with E-state index in [1.165, 1.54) is 0 Å². The fourth-order valence-electron chi connectivity index (χ4n) is 3.83. The van der Waals surface area contributed by atoms with Crippen molar-refractivity contribution in [1.29, 1.82) is 0 Å². The number of aromatic nitrogens is 1. The summed E-state index contributed by atoms with van der Waals surface area (Å²) in [7, 11) is 0. The van der Waals surface area contributed by atoms with Gasteiger partial charge in [-0.1, -0.05) is 30.3 Å². The van der Waals surface area contributed by atoms with Gasteiger partial charge in [-0.3, -0.25) is 14.6 Å². The van der Waals surface area contributed by atoms with Crippen molar-refractivity contribution in [3.63, 3.8) is 0 Å². The molecule has 0 unspecified atom stereocenters. The molecule has 1 saturated heterocycles. The number of rotatable bonds is 4. The summed E-state index contributed by atoms with van der Waals surface area (Å²) >= 11 is 0. The number of hydrogen-bond acceptors (Lipinski definition) is 3. The topological polar surface area (TPSA) is 62.3 Å². The molecule has 1 aliphatic heterocycles. The highest BCUT2D eigenvalue weighted by Crippen LogP contribution is 2.58. The van der Waals surface area contributed by atoms with Crippen LogP contribution in [0.15, 0.2) is 54.9 Å². The average molecular weight is 335 g/mol. The molecule has 0 radical (unpaired) electrons. The summed E-state index contributed by atoms with van der Waals surface area (Å²) in [6.45, 7) is 1.45. The van der Waals surface area contributed by atoms with Crippen molar-refractivity contribution in [2.75, 3.05) is 18.4 Å². The molecule has 2 fully saturated rings. The molecule has 1 aromatic carbocycles. The first-order valence-corrected chi connectivity index (χ1v) is 8.69. The minimum Gasteiger partial charge on any atom is -0.342 e. The molecule has 2 heterocycles. The molecule has 2 aliphatic rings. The number of hydrogen-bond donors (Lipinski definition) is 1. The molecule has 5 nitrogen and oxygen atoms in total. The molecule has 1 spiro atoms. The maximum Gasteiger partial charge on any atom is 0.228 e. The first-order chi connectivity index (χ1) is 12.2. The monoisotopic (exact) mass is 335 g/mol. The van der Waals surface area contributed by atoms with Crippen LogP contribution < -0.4 is 5.32 Å². The SMILES string of the molecule is O=C(Nc1cccnc1)[C@@H]1C[C@@]12CCN(C(=O)Cc1ccccc1)C2. The van der Waals surface area contributed by atoms with E-state index in [0.29, 0.717) is 13.0 Å². The minimum atomic E-state index is -0.0152. The number of benzene rings is 1. The van der Waals surface area contributed by atoms with E-state index < -0.39 is 0 Å². The molecule has 25 heavy (non-hydrogen) atoms. The van der Waals surface area contributed by atoms with Crippen molar-refractivity contribution in [2.45, 2.75) is 19.3 Å². The predicted molar refractivity (Wildman–Crippen MR) is 94.7 cm³/mol. The molecule has 2 amide bonds. The van der Waals surface area contributed by atoms with E-state index in [-0.39, 0.29) is 23.1 Å². The zero-order valence-corrected chi connectivity index (χ0v) is 14.0. The lowest BCUT2D eigenvalue weighted by Gasteiger charge is -2.17. The van der Waals surface area contributed by atoms with E-state index in [2.05, 4.69) is 10.3 Å². The van der Waals surface area contributed by atoms with Gasteiger partial charge in [-0.25, -0.2) is 0 Å². The van der Waals surface area contributed by atoms with Gasteiger partial charge in [0.15, 0.2) is 0 Å². The first kappa shape index (κ1) is 15.8. The van der Waals surface area contributed by atoms with E-state index in [1.807, 2.05) is 41.3 Å². The van der Waals surface area contributed by atoms with Crippen molar-refractivity contribution in [2.24, 2.45) is 11.3 Å². The maximum absolute atomic E-state index is 12.5. The predicted octanol–water partition coefficient (Wildman–Crippen LogP) is 2.50. The second kappa shape index (κ2) is 6.31. The zero-order valence-electron chi connectivity index (χ0n) is 14.0. The summed E-state index contributed by atoms with van der Waals surface area (Å²) in [6.07, 6.45) is 5.55. The maximum atomic E-state index is 12.5. The van der Waals surface area contributed by atoms with Gasteiger partial charge >= 0.3 is 0 Å². The van der Waals surface area contributed by atoms with Crippen molar-refractivity contribution >= 4 is 17.5 Å². The lowest BCUT2D eigenvalue weighted by Crippen LogP contribution is -2.31. The van der Waals surface area contributed by atoms with E-state index in [9.17, 15) is 9.59 Å². The molecule has 2 atom stereocenters. The molecular formula is C20H21N3O2. The van der Waals surface area contributed by atoms with Crippen molar-refractivity contribution < 1.29 is 9.59 Å². The van der Waals surface area contributed by atoms with Crippen LogP contribution in [0, 0.1) is 11.3 Å². The van der Waals surface area contributed by atoms with Crippen LogP contribution in [-0.2, 0) is 16.0 Å². The first-order valence-electron chi connectivity index (χ1n) is 8.69. The molecule has 5 heteroatoms. The van der Waals surface area contributed by atoms with Crippen LogP contribution in [0.3, 0.4) is 0 Å². The quantitative estimate of drug-likeness (QED) is 0.934. The molecular weight excluding hydrogens is 314 g/mol. The Kier molecular flexibility index (Phi) is 3.99. The van der Waals surface area contributed by atoms with Gasteiger partial charge in [-0.2, -0.15) is 0 Å². The van der Waals surface area contributed by atoms with Gasteiger partial charge in [0.05, 0.1) is 18.3 Å². The highest BCUT2D eigenvalue weighted by Gasteiger charge is 2.61. The van der Waals surface area contributed by atoms with E-state index in [1.54, 1.807) is 18.5 Å². The van der Waals surface area contributed by atoms with Crippen LogP contribution >= 0.6 is 0 Å². The average Bonchev–Trinajstić information content (AvgIpc) is 3.17.